The number of nitrogens with one attached hydrogen (secondary N) is 2. The number of aromatic hydroxyl groups is 1. The number of aromatic nitrogens is 2. The number of hydrogen-bond acceptors (Lipinski definition) is 5. The summed E-state index contributed by atoms with van der Waals surface area (Å²) < 4.78 is 5.40. The van der Waals surface area contributed by atoms with E-state index in [9.17, 15) is 14.7 Å². The Hall–Kier alpha value is -3.81. The molecule has 2 aromatic carbocycles. The number of ether oxygens (including phenoxy) is 1. The third-order valence-electron chi connectivity index (χ3n) is 5.98. The van der Waals surface area contributed by atoms with E-state index < -0.39 is 6.09 Å². The Bertz CT molecular complexity index is 1200. The number of phenols is 1. The minimum Gasteiger partial charge on any atom is -0.508 e. The van der Waals surface area contributed by atoms with Gasteiger partial charge in [0.1, 0.15) is 11.9 Å². The normalized spacial score (nSPS) is 17.3. The van der Waals surface area contributed by atoms with Crippen LogP contribution in [0.5, 0.6) is 5.75 Å². The molecule has 1 atom stereocenters. The summed E-state index contributed by atoms with van der Waals surface area (Å²) in [6, 6.07) is 13.1. The number of aromatic amines is 1. The first-order chi connectivity index (χ1) is 15.5. The lowest BCUT2D eigenvalue weighted by Gasteiger charge is -2.16. The van der Waals surface area contributed by atoms with Gasteiger partial charge in [-0.2, -0.15) is 5.10 Å². The van der Waals surface area contributed by atoms with Crippen molar-refractivity contribution in [3.05, 3.63) is 53.6 Å². The van der Waals surface area contributed by atoms with Crippen LogP contribution in [0.4, 0.5) is 10.5 Å². The molecule has 0 unspecified atom stereocenters. The first-order valence-electron chi connectivity index (χ1n) is 10.7. The minimum atomic E-state index is -0.401. The number of H-pyrrole nitrogens is 1. The fraction of sp³-hybridized carbons (Fsp3) is 0.292. The molecule has 2 aliphatic rings. The molecular weight excluding hydrogens is 408 g/mol. The molecule has 0 radical (unpaired) electrons. The highest BCUT2D eigenvalue weighted by molar-refractivity contribution is 5.91. The number of amides is 2. The summed E-state index contributed by atoms with van der Waals surface area (Å²) in [4.78, 5) is 25.2. The fourth-order valence-electron chi connectivity index (χ4n) is 4.47. The molecule has 8 heteroatoms. The van der Waals surface area contributed by atoms with Crippen molar-refractivity contribution in [3.8, 4) is 28.3 Å². The van der Waals surface area contributed by atoms with E-state index in [1.54, 1.807) is 17.0 Å². The number of nitrogens with zero attached hydrogens (tertiary/aromatic N) is 2. The van der Waals surface area contributed by atoms with Gasteiger partial charge in [0, 0.05) is 29.3 Å². The smallest absolute Gasteiger partial charge is 0.414 e. The van der Waals surface area contributed by atoms with E-state index in [1.165, 1.54) is 6.92 Å². The molecule has 2 amide bonds. The number of aryl methyl sites for hydroxylation is 1. The average Bonchev–Trinajstić information content (AvgIpc) is 3.31. The Morgan fingerprint density at radius 2 is 2.16 bits per heavy atom. The maximum Gasteiger partial charge on any atom is 0.414 e. The maximum absolute atomic E-state index is 12.4. The molecule has 3 aromatic rings. The SMILES string of the molecule is CC(=O)NC[C@H]1CN(c2ccc3c(c2)CCCc2c(-c4cccc(O)c4)n[nH]c2-3)C(=O)O1. The molecule has 1 aromatic heterocycles. The molecule has 0 spiro atoms. The van der Waals surface area contributed by atoms with Crippen molar-refractivity contribution in [1.29, 1.82) is 0 Å². The van der Waals surface area contributed by atoms with Gasteiger partial charge in [-0.15, -0.1) is 0 Å². The van der Waals surface area contributed by atoms with E-state index in [0.717, 1.165) is 58.6 Å². The van der Waals surface area contributed by atoms with Gasteiger partial charge in [0.05, 0.1) is 24.5 Å². The van der Waals surface area contributed by atoms with E-state index in [4.69, 9.17) is 4.74 Å². The van der Waals surface area contributed by atoms with Crippen LogP contribution < -0.4 is 10.2 Å². The van der Waals surface area contributed by atoms with Gasteiger partial charge in [-0.1, -0.05) is 18.2 Å². The minimum absolute atomic E-state index is 0.148. The summed E-state index contributed by atoms with van der Waals surface area (Å²) in [6.07, 6.45) is 1.93. The second-order valence-electron chi connectivity index (χ2n) is 8.22. The lowest BCUT2D eigenvalue weighted by Crippen LogP contribution is -2.33. The predicted octanol–water partition coefficient (Wildman–Crippen LogP) is 3.40. The zero-order valence-corrected chi connectivity index (χ0v) is 17.7. The van der Waals surface area contributed by atoms with Crippen LogP contribution in [0, 0.1) is 0 Å². The van der Waals surface area contributed by atoms with Crippen LogP contribution in [0.3, 0.4) is 0 Å². The van der Waals surface area contributed by atoms with Gasteiger partial charge in [0.15, 0.2) is 0 Å². The van der Waals surface area contributed by atoms with Crippen LogP contribution in [0.15, 0.2) is 42.5 Å². The third kappa shape index (κ3) is 3.68. The molecule has 8 nitrogen and oxygen atoms in total. The van der Waals surface area contributed by atoms with Crippen molar-refractivity contribution in [2.45, 2.75) is 32.3 Å². The molecule has 1 aliphatic heterocycles. The Labute approximate surface area is 185 Å². The third-order valence-corrected chi connectivity index (χ3v) is 5.98. The Kier molecular flexibility index (Phi) is 5.05. The number of hydrogen-bond donors (Lipinski definition) is 3. The predicted molar refractivity (Wildman–Crippen MR) is 119 cm³/mol. The van der Waals surface area contributed by atoms with Gasteiger partial charge in [0.25, 0.3) is 0 Å². The van der Waals surface area contributed by atoms with Gasteiger partial charge >= 0.3 is 6.09 Å². The van der Waals surface area contributed by atoms with Crippen LogP contribution in [0.1, 0.15) is 24.5 Å². The summed E-state index contributed by atoms with van der Waals surface area (Å²) in [7, 11) is 0. The highest BCUT2D eigenvalue weighted by atomic mass is 16.6. The van der Waals surface area contributed by atoms with Crippen LogP contribution in [-0.4, -0.2) is 46.5 Å². The molecular formula is C24H24N4O4. The summed E-state index contributed by atoms with van der Waals surface area (Å²) in [5, 5.41) is 20.3. The van der Waals surface area contributed by atoms with Crippen LogP contribution >= 0.6 is 0 Å². The van der Waals surface area contributed by atoms with Crippen LogP contribution in [0.25, 0.3) is 22.5 Å². The van der Waals surface area contributed by atoms with Crippen molar-refractivity contribution in [1.82, 2.24) is 15.5 Å². The number of anilines is 1. The van der Waals surface area contributed by atoms with Crippen LogP contribution in [-0.2, 0) is 22.4 Å². The topological polar surface area (TPSA) is 108 Å². The number of rotatable bonds is 4. The fourth-order valence-corrected chi connectivity index (χ4v) is 4.47. The standard InChI is InChI=1S/C24H24N4O4/c1-14(29)25-12-19-13-28(24(31)32-19)17-8-9-20-15(10-17)4-3-7-21-22(26-27-23(20)21)16-5-2-6-18(30)11-16/h2,5-6,8-11,19,30H,3-4,7,12-13H2,1H3,(H,25,29)(H,26,27)/t19-/m0/s1. The van der Waals surface area contributed by atoms with Crippen molar-refractivity contribution < 1.29 is 19.4 Å². The average molecular weight is 432 g/mol. The molecule has 5 rings (SSSR count). The zero-order valence-electron chi connectivity index (χ0n) is 17.7. The lowest BCUT2D eigenvalue weighted by molar-refractivity contribution is -0.119. The van der Waals surface area contributed by atoms with Crippen molar-refractivity contribution in [2.75, 3.05) is 18.0 Å². The highest BCUT2D eigenvalue weighted by Gasteiger charge is 2.33. The Morgan fingerprint density at radius 3 is 2.97 bits per heavy atom. The van der Waals surface area contributed by atoms with E-state index in [0.29, 0.717) is 13.1 Å². The number of fused-ring (bicyclic) bond motifs is 3. The molecule has 2 heterocycles. The molecule has 1 saturated heterocycles. The molecule has 0 bridgehead atoms. The quantitative estimate of drug-likeness (QED) is 0.586. The van der Waals surface area contributed by atoms with Crippen molar-refractivity contribution >= 4 is 17.7 Å². The first kappa shape index (κ1) is 20.1. The first-order valence-corrected chi connectivity index (χ1v) is 10.7. The number of cyclic esters (lactones) is 1. The van der Waals surface area contributed by atoms with E-state index in [2.05, 4.69) is 15.5 Å². The Balaban J connectivity index is 1.44. The van der Waals surface area contributed by atoms with E-state index in [1.807, 2.05) is 30.3 Å². The van der Waals surface area contributed by atoms with Gasteiger partial charge in [-0.25, -0.2) is 4.79 Å². The molecule has 1 fully saturated rings. The van der Waals surface area contributed by atoms with Gasteiger partial charge in [-0.3, -0.25) is 14.8 Å². The molecule has 0 saturated carbocycles. The lowest BCUT2D eigenvalue weighted by atomic mass is 9.99. The van der Waals surface area contributed by atoms with Crippen molar-refractivity contribution in [3.63, 3.8) is 0 Å². The van der Waals surface area contributed by atoms with E-state index in [-0.39, 0.29) is 17.8 Å². The summed E-state index contributed by atoms with van der Waals surface area (Å²) in [5.41, 5.74) is 6.86. The summed E-state index contributed by atoms with van der Waals surface area (Å²) >= 11 is 0. The number of carbonyl (C=O) groups excluding carboxylic acids is 2. The summed E-state index contributed by atoms with van der Waals surface area (Å²) in [5.74, 6) is 0.0668. The summed E-state index contributed by atoms with van der Waals surface area (Å²) in [6.45, 7) is 2.14. The maximum atomic E-state index is 12.4. The van der Waals surface area contributed by atoms with Gasteiger partial charge in [0.2, 0.25) is 5.91 Å². The van der Waals surface area contributed by atoms with Crippen molar-refractivity contribution in [2.24, 2.45) is 0 Å². The van der Waals surface area contributed by atoms with Gasteiger partial charge in [-0.05, 0) is 49.1 Å². The molecule has 1 aliphatic carbocycles. The van der Waals surface area contributed by atoms with E-state index >= 15 is 0 Å². The monoisotopic (exact) mass is 432 g/mol. The molecule has 32 heavy (non-hydrogen) atoms. The second kappa shape index (κ2) is 8.03. The zero-order chi connectivity index (χ0) is 22.2. The highest BCUT2D eigenvalue weighted by Crippen LogP contribution is 2.38. The largest absolute Gasteiger partial charge is 0.508 e. The molecule has 3 N–H and O–H groups in total. The van der Waals surface area contributed by atoms with Gasteiger partial charge < -0.3 is 15.2 Å². The Morgan fingerprint density at radius 1 is 1.28 bits per heavy atom. The second-order valence-corrected chi connectivity index (χ2v) is 8.22. The number of carbonyl (C=O) groups is 2. The number of phenolic OH excluding ortho intramolecular Hbond substituents is 1. The number of benzene rings is 2. The van der Waals surface area contributed by atoms with Crippen LogP contribution in [0.2, 0.25) is 0 Å². The molecule has 164 valence electrons.